The summed E-state index contributed by atoms with van der Waals surface area (Å²) in [6, 6.07) is 10.4. The fourth-order valence-electron chi connectivity index (χ4n) is 2.20. The maximum Gasteiger partial charge on any atom is 0.337 e. The molecule has 0 atom stereocenters. The minimum atomic E-state index is -3.79. The van der Waals surface area contributed by atoms with E-state index in [9.17, 15) is 13.2 Å². The highest BCUT2D eigenvalue weighted by Crippen LogP contribution is 2.32. The third-order valence-electron chi connectivity index (χ3n) is 3.38. The van der Waals surface area contributed by atoms with Crippen molar-refractivity contribution in [3.05, 3.63) is 48.0 Å². The van der Waals surface area contributed by atoms with Gasteiger partial charge >= 0.3 is 5.97 Å². The molecule has 0 aliphatic carbocycles. The Labute approximate surface area is 139 Å². The molecule has 7 nitrogen and oxygen atoms in total. The van der Waals surface area contributed by atoms with E-state index in [1.165, 1.54) is 43.5 Å². The molecule has 0 unspecified atom stereocenters. The molecule has 1 aliphatic heterocycles. The van der Waals surface area contributed by atoms with Gasteiger partial charge in [-0.15, -0.1) is 0 Å². The maximum absolute atomic E-state index is 12.5. The molecule has 0 radical (unpaired) electrons. The summed E-state index contributed by atoms with van der Waals surface area (Å²) >= 11 is 0. The Bertz CT molecular complexity index is 861. The fourth-order valence-corrected chi connectivity index (χ4v) is 3.27. The van der Waals surface area contributed by atoms with E-state index in [1.54, 1.807) is 6.07 Å². The lowest BCUT2D eigenvalue weighted by Crippen LogP contribution is -2.17. The van der Waals surface area contributed by atoms with Gasteiger partial charge in [-0.1, -0.05) is 0 Å². The molecule has 0 fully saturated rings. The Morgan fingerprint density at radius 3 is 2.38 bits per heavy atom. The van der Waals surface area contributed by atoms with E-state index in [0.717, 1.165) is 0 Å². The van der Waals surface area contributed by atoms with Crippen molar-refractivity contribution in [3.63, 3.8) is 0 Å². The van der Waals surface area contributed by atoms with E-state index in [2.05, 4.69) is 9.46 Å². The number of nitrogens with one attached hydrogen (secondary N) is 1. The van der Waals surface area contributed by atoms with Gasteiger partial charge in [0.05, 0.1) is 17.6 Å². The van der Waals surface area contributed by atoms with Crippen LogP contribution in [0.2, 0.25) is 0 Å². The van der Waals surface area contributed by atoms with Crippen LogP contribution >= 0.6 is 0 Å². The van der Waals surface area contributed by atoms with Crippen LogP contribution in [0.3, 0.4) is 0 Å². The van der Waals surface area contributed by atoms with Gasteiger partial charge in [0.2, 0.25) is 0 Å². The van der Waals surface area contributed by atoms with Gasteiger partial charge in [0.25, 0.3) is 10.0 Å². The van der Waals surface area contributed by atoms with Gasteiger partial charge in [0.15, 0.2) is 11.5 Å². The topological polar surface area (TPSA) is 90.9 Å². The predicted molar refractivity (Wildman–Crippen MR) is 86.0 cm³/mol. The number of methoxy groups -OCH3 is 1. The highest BCUT2D eigenvalue weighted by molar-refractivity contribution is 7.92. The van der Waals surface area contributed by atoms with Crippen LogP contribution in [0.25, 0.3) is 0 Å². The van der Waals surface area contributed by atoms with Gasteiger partial charge in [0, 0.05) is 11.8 Å². The second-order valence-corrected chi connectivity index (χ2v) is 6.66. The Morgan fingerprint density at radius 2 is 1.71 bits per heavy atom. The van der Waals surface area contributed by atoms with Gasteiger partial charge in [-0.25, -0.2) is 13.2 Å². The molecule has 2 aromatic rings. The van der Waals surface area contributed by atoms with Crippen LogP contribution in [-0.4, -0.2) is 34.7 Å². The quantitative estimate of drug-likeness (QED) is 0.850. The maximum atomic E-state index is 12.5. The molecular weight excluding hydrogens is 334 g/mol. The van der Waals surface area contributed by atoms with Crippen molar-refractivity contribution >= 4 is 21.7 Å². The first kappa shape index (κ1) is 16.1. The molecule has 0 spiro atoms. The molecule has 3 rings (SSSR count). The number of anilines is 1. The number of esters is 1. The zero-order valence-corrected chi connectivity index (χ0v) is 13.6. The van der Waals surface area contributed by atoms with Gasteiger partial charge in [0.1, 0.15) is 13.2 Å². The zero-order chi connectivity index (χ0) is 17.2. The first-order valence-electron chi connectivity index (χ1n) is 7.10. The lowest BCUT2D eigenvalue weighted by molar-refractivity contribution is 0.0601. The molecule has 8 heteroatoms. The lowest BCUT2D eigenvalue weighted by Gasteiger charge is -2.19. The lowest BCUT2D eigenvalue weighted by atomic mass is 10.2. The van der Waals surface area contributed by atoms with Gasteiger partial charge in [-0.2, -0.15) is 0 Å². The number of hydrogen-bond acceptors (Lipinski definition) is 6. The van der Waals surface area contributed by atoms with E-state index in [0.29, 0.717) is 36.0 Å². The number of ether oxygens (including phenoxy) is 3. The highest BCUT2D eigenvalue weighted by Gasteiger charge is 2.19. The van der Waals surface area contributed by atoms with Crippen molar-refractivity contribution in [1.29, 1.82) is 0 Å². The molecule has 0 amide bonds. The van der Waals surface area contributed by atoms with Crippen LogP contribution in [0.5, 0.6) is 11.5 Å². The van der Waals surface area contributed by atoms with E-state index in [4.69, 9.17) is 9.47 Å². The van der Waals surface area contributed by atoms with E-state index in [1.807, 2.05) is 0 Å². The molecule has 126 valence electrons. The highest BCUT2D eigenvalue weighted by atomic mass is 32.2. The van der Waals surface area contributed by atoms with E-state index >= 15 is 0 Å². The summed E-state index contributed by atoms with van der Waals surface area (Å²) in [6.45, 7) is 0.808. The summed E-state index contributed by atoms with van der Waals surface area (Å²) in [4.78, 5) is 11.4. The Hall–Kier alpha value is -2.74. The molecule has 1 N–H and O–H groups in total. The van der Waals surface area contributed by atoms with E-state index < -0.39 is 16.0 Å². The summed E-state index contributed by atoms with van der Waals surface area (Å²) < 4.78 is 42.7. The minimum absolute atomic E-state index is 0.0591. The zero-order valence-electron chi connectivity index (χ0n) is 12.8. The molecule has 0 saturated carbocycles. The third-order valence-corrected chi connectivity index (χ3v) is 4.76. The van der Waals surface area contributed by atoms with Gasteiger partial charge < -0.3 is 14.2 Å². The molecule has 0 bridgehead atoms. The summed E-state index contributed by atoms with van der Waals surface area (Å²) in [5.74, 6) is 0.420. The summed E-state index contributed by atoms with van der Waals surface area (Å²) in [6.07, 6.45) is 0. The second-order valence-electron chi connectivity index (χ2n) is 4.98. The van der Waals surface area contributed by atoms with Crippen LogP contribution in [0.1, 0.15) is 10.4 Å². The first-order valence-corrected chi connectivity index (χ1v) is 8.59. The fraction of sp³-hybridized carbons (Fsp3) is 0.188. The molecule has 0 aromatic heterocycles. The smallest absolute Gasteiger partial charge is 0.337 e. The number of sulfonamides is 1. The molecule has 0 saturated heterocycles. The number of fused-ring (bicyclic) bond motifs is 1. The van der Waals surface area contributed by atoms with Crippen molar-refractivity contribution in [2.45, 2.75) is 4.90 Å². The Balaban J connectivity index is 1.82. The monoisotopic (exact) mass is 349 g/mol. The van der Waals surface area contributed by atoms with Crippen LogP contribution < -0.4 is 14.2 Å². The number of rotatable bonds is 4. The van der Waals surface area contributed by atoms with Crippen molar-refractivity contribution < 1.29 is 27.4 Å². The van der Waals surface area contributed by atoms with Crippen molar-refractivity contribution in [3.8, 4) is 11.5 Å². The van der Waals surface area contributed by atoms with Crippen LogP contribution in [-0.2, 0) is 14.8 Å². The van der Waals surface area contributed by atoms with Crippen molar-refractivity contribution in [2.24, 2.45) is 0 Å². The molecular formula is C16H15NO6S. The van der Waals surface area contributed by atoms with Crippen LogP contribution in [0.15, 0.2) is 47.4 Å². The average Bonchev–Trinajstić information content (AvgIpc) is 2.61. The molecule has 24 heavy (non-hydrogen) atoms. The second kappa shape index (κ2) is 6.40. The van der Waals surface area contributed by atoms with Crippen molar-refractivity contribution in [1.82, 2.24) is 0 Å². The molecule has 1 heterocycles. The third kappa shape index (κ3) is 3.28. The molecule has 2 aromatic carbocycles. The number of benzene rings is 2. The SMILES string of the molecule is COC(=O)c1ccc(NS(=O)(=O)c2ccc3c(c2)OCCO3)cc1. The summed E-state index contributed by atoms with van der Waals surface area (Å²) in [7, 11) is -2.51. The standard InChI is InChI=1S/C16H15NO6S/c1-21-16(18)11-2-4-12(5-3-11)17-24(19,20)13-6-7-14-15(10-13)23-9-8-22-14/h2-7,10,17H,8-9H2,1H3. The molecule has 1 aliphatic rings. The summed E-state index contributed by atoms with van der Waals surface area (Å²) in [5, 5.41) is 0. The predicted octanol–water partition coefficient (Wildman–Crippen LogP) is 2.05. The van der Waals surface area contributed by atoms with E-state index in [-0.39, 0.29) is 4.90 Å². The Morgan fingerprint density at radius 1 is 1.04 bits per heavy atom. The number of carbonyl (C=O) groups excluding carboxylic acids is 1. The van der Waals surface area contributed by atoms with Crippen LogP contribution in [0, 0.1) is 0 Å². The minimum Gasteiger partial charge on any atom is -0.486 e. The number of carbonyl (C=O) groups is 1. The normalized spacial score (nSPS) is 13.2. The first-order chi connectivity index (χ1) is 11.5. The average molecular weight is 349 g/mol. The van der Waals surface area contributed by atoms with Gasteiger partial charge in [-0.05, 0) is 36.4 Å². The summed E-state index contributed by atoms with van der Waals surface area (Å²) in [5.41, 5.74) is 0.664. The van der Waals surface area contributed by atoms with Crippen LogP contribution in [0.4, 0.5) is 5.69 Å². The number of hydrogen-bond donors (Lipinski definition) is 1. The van der Waals surface area contributed by atoms with Crippen molar-refractivity contribution in [2.75, 3.05) is 25.0 Å². The van der Waals surface area contributed by atoms with Gasteiger partial charge in [-0.3, -0.25) is 4.72 Å². The Kier molecular flexibility index (Phi) is 4.30. The largest absolute Gasteiger partial charge is 0.486 e.